The molecule has 0 fully saturated rings. The Morgan fingerprint density at radius 1 is 1.06 bits per heavy atom. The number of hydrogen-bond acceptors (Lipinski definition) is 2. The van der Waals surface area contributed by atoms with Gasteiger partial charge in [-0.05, 0) is 61.7 Å². The molecule has 0 aliphatic carbocycles. The van der Waals surface area contributed by atoms with Crippen LogP contribution in [0.4, 0.5) is 0 Å². The lowest BCUT2D eigenvalue weighted by molar-refractivity contribution is 0.591. The highest BCUT2D eigenvalue weighted by Crippen LogP contribution is 2.25. The fourth-order valence-corrected chi connectivity index (χ4v) is 3.42. The van der Waals surface area contributed by atoms with Crippen LogP contribution in [-0.4, -0.2) is 7.05 Å². The fourth-order valence-electron chi connectivity index (χ4n) is 2.52. The second kappa shape index (κ2) is 5.68. The second-order valence-corrected chi connectivity index (χ2v) is 5.80. The summed E-state index contributed by atoms with van der Waals surface area (Å²) < 4.78 is 0. The van der Waals surface area contributed by atoms with Crippen molar-refractivity contribution < 1.29 is 0 Å². The van der Waals surface area contributed by atoms with Crippen LogP contribution in [0.2, 0.25) is 0 Å². The van der Waals surface area contributed by atoms with Crippen LogP contribution < -0.4 is 5.32 Å². The molecule has 0 spiro atoms. The van der Waals surface area contributed by atoms with Crippen molar-refractivity contribution in [1.82, 2.24) is 5.32 Å². The van der Waals surface area contributed by atoms with E-state index >= 15 is 0 Å². The number of aryl methyl sites for hydroxylation is 3. The van der Waals surface area contributed by atoms with Gasteiger partial charge in [0.25, 0.3) is 0 Å². The molecule has 0 aliphatic rings. The molecular formula is C16H21NS. The van der Waals surface area contributed by atoms with Crippen molar-refractivity contribution in [3.8, 4) is 0 Å². The van der Waals surface area contributed by atoms with E-state index in [4.69, 9.17) is 0 Å². The quantitative estimate of drug-likeness (QED) is 0.868. The Morgan fingerprint density at radius 2 is 1.72 bits per heavy atom. The zero-order valence-electron chi connectivity index (χ0n) is 11.6. The summed E-state index contributed by atoms with van der Waals surface area (Å²) in [4.78, 5) is 0. The molecule has 0 saturated heterocycles. The molecule has 2 aromatic rings. The molecule has 1 atom stereocenters. The highest BCUT2D eigenvalue weighted by molar-refractivity contribution is 7.08. The van der Waals surface area contributed by atoms with Gasteiger partial charge in [0.15, 0.2) is 0 Å². The molecule has 1 nitrogen and oxygen atoms in total. The van der Waals surface area contributed by atoms with E-state index in [-0.39, 0.29) is 0 Å². The van der Waals surface area contributed by atoms with Gasteiger partial charge in [-0.3, -0.25) is 0 Å². The topological polar surface area (TPSA) is 12.0 Å². The first-order valence-corrected chi connectivity index (χ1v) is 7.31. The van der Waals surface area contributed by atoms with Gasteiger partial charge in [-0.1, -0.05) is 29.3 Å². The number of rotatable bonds is 4. The Morgan fingerprint density at radius 3 is 2.22 bits per heavy atom. The van der Waals surface area contributed by atoms with Crippen LogP contribution in [0.25, 0.3) is 0 Å². The number of nitrogens with one attached hydrogen (secondary N) is 1. The summed E-state index contributed by atoms with van der Waals surface area (Å²) in [7, 11) is 2.05. The first-order valence-electron chi connectivity index (χ1n) is 6.37. The molecular weight excluding hydrogens is 238 g/mol. The Labute approximate surface area is 114 Å². The van der Waals surface area contributed by atoms with Crippen LogP contribution in [0.3, 0.4) is 0 Å². The maximum absolute atomic E-state index is 3.44. The summed E-state index contributed by atoms with van der Waals surface area (Å²) in [6, 6.07) is 7.23. The van der Waals surface area contributed by atoms with Gasteiger partial charge in [-0.15, -0.1) is 0 Å². The van der Waals surface area contributed by atoms with Crippen molar-refractivity contribution in [3.63, 3.8) is 0 Å². The first kappa shape index (κ1) is 13.3. The van der Waals surface area contributed by atoms with Crippen molar-refractivity contribution in [2.24, 2.45) is 0 Å². The number of thiophene rings is 1. The number of hydrogen-bond donors (Lipinski definition) is 1. The van der Waals surface area contributed by atoms with Gasteiger partial charge in [0.05, 0.1) is 0 Å². The molecule has 0 amide bonds. The smallest absolute Gasteiger partial charge is 0.0369 e. The van der Waals surface area contributed by atoms with Crippen LogP contribution in [0, 0.1) is 20.8 Å². The van der Waals surface area contributed by atoms with Crippen LogP contribution >= 0.6 is 11.3 Å². The van der Waals surface area contributed by atoms with Crippen molar-refractivity contribution >= 4 is 11.3 Å². The Kier molecular flexibility index (Phi) is 4.20. The fraction of sp³-hybridized carbons (Fsp3) is 0.375. The number of benzene rings is 1. The van der Waals surface area contributed by atoms with Gasteiger partial charge in [0, 0.05) is 6.04 Å². The predicted molar refractivity (Wildman–Crippen MR) is 80.5 cm³/mol. The third kappa shape index (κ3) is 3.01. The zero-order chi connectivity index (χ0) is 13.1. The summed E-state index contributed by atoms with van der Waals surface area (Å²) in [5.41, 5.74) is 6.94. The lowest BCUT2D eigenvalue weighted by atomic mass is 9.96. The van der Waals surface area contributed by atoms with Gasteiger partial charge >= 0.3 is 0 Å². The normalized spacial score (nSPS) is 12.7. The molecule has 18 heavy (non-hydrogen) atoms. The van der Waals surface area contributed by atoms with Crippen molar-refractivity contribution in [1.29, 1.82) is 0 Å². The molecule has 2 heteroatoms. The Hall–Kier alpha value is -1.12. The van der Waals surface area contributed by atoms with E-state index in [9.17, 15) is 0 Å². The first-order chi connectivity index (χ1) is 8.60. The second-order valence-electron chi connectivity index (χ2n) is 5.05. The van der Waals surface area contributed by atoms with Gasteiger partial charge in [-0.25, -0.2) is 0 Å². The summed E-state index contributed by atoms with van der Waals surface area (Å²) >= 11 is 1.79. The molecule has 1 heterocycles. The highest BCUT2D eigenvalue weighted by Gasteiger charge is 2.13. The standard InChI is InChI=1S/C16H21NS/c1-11-5-12(2)7-14(6-11)8-16(17-4)15-10-18-9-13(15)3/h5-7,9-10,16-17H,8H2,1-4H3. The summed E-state index contributed by atoms with van der Waals surface area (Å²) in [6.07, 6.45) is 1.05. The average Bonchev–Trinajstić information content (AvgIpc) is 2.71. The minimum Gasteiger partial charge on any atom is -0.313 e. The maximum Gasteiger partial charge on any atom is 0.0369 e. The molecule has 96 valence electrons. The van der Waals surface area contributed by atoms with Crippen LogP contribution in [-0.2, 0) is 6.42 Å². The Bertz CT molecular complexity index is 507. The van der Waals surface area contributed by atoms with E-state index in [1.54, 1.807) is 11.3 Å². The zero-order valence-corrected chi connectivity index (χ0v) is 12.4. The monoisotopic (exact) mass is 259 g/mol. The Balaban J connectivity index is 2.23. The van der Waals surface area contributed by atoms with E-state index in [0.717, 1.165) is 6.42 Å². The molecule has 1 N–H and O–H groups in total. The maximum atomic E-state index is 3.44. The van der Waals surface area contributed by atoms with Crippen molar-refractivity contribution in [3.05, 3.63) is 56.8 Å². The number of likely N-dealkylation sites (N-methyl/N-ethyl adjacent to an activating group) is 1. The van der Waals surface area contributed by atoms with E-state index < -0.39 is 0 Å². The molecule has 1 aromatic heterocycles. The molecule has 2 rings (SSSR count). The summed E-state index contributed by atoms with van der Waals surface area (Å²) in [5.74, 6) is 0. The van der Waals surface area contributed by atoms with Crippen LogP contribution in [0.1, 0.15) is 33.9 Å². The van der Waals surface area contributed by atoms with Crippen LogP contribution in [0.15, 0.2) is 29.0 Å². The molecule has 0 bridgehead atoms. The van der Waals surface area contributed by atoms with E-state index in [1.807, 2.05) is 7.05 Å². The van der Waals surface area contributed by atoms with Crippen molar-refractivity contribution in [2.45, 2.75) is 33.2 Å². The lowest BCUT2D eigenvalue weighted by Crippen LogP contribution is -2.19. The molecule has 0 aliphatic heterocycles. The molecule has 1 aromatic carbocycles. The third-order valence-corrected chi connectivity index (χ3v) is 4.22. The van der Waals surface area contributed by atoms with Gasteiger partial charge in [0.1, 0.15) is 0 Å². The van der Waals surface area contributed by atoms with Gasteiger partial charge in [0.2, 0.25) is 0 Å². The largest absolute Gasteiger partial charge is 0.313 e. The third-order valence-electron chi connectivity index (χ3n) is 3.34. The lowest BCUT2D eigenvalue weighted by Gasteiger charge is -2.17. The molecule has 0 saturated carbocycles. The van der Waals surface area contributed by atoms with Gasteiger partial charge in [-0.2, -0.15) is 11.3 Å². The SMILES string of the molecule is CNC(Cc1cc(C)cc(C)c1)c1cscc1C. The summed E-state index contributed by atoms with van der Waals surface area (Å²) in [5, 5.41) is 7.93. The average molecular weight is 259 g/mol. The molecule has 1 unspecified atom stereocenters. The van der Waals surface area contributed by atoms with Crippen LogP contribution in [0.5, 0.6) is 0 Å². The van der Waals surface area contributed by atoms with E-state index in [0.29, 0.717) is 6.04 Å². The highest BCUT2D eigenvalue weighted by atomic mass is 32.1. The van der Waals surface area contributed by atoms with E-state index in [2.05, 4.69) is 55.0 Å². The predicted octanol–water partition coefficient (Wildman–Crippen LogP) is 4.18. The minimum absolute atomic E-state index is 0.414. The summed E-state index contributed by atoms with van der Waals surface area (Å²) in [6.45, 7) is 6.53. The van der Waals surface area contributed by atoms with E-state index in [1.165, 1.54) is 27.8 Å². The van der Waals surface area contributed by atoms with Gasteiger partial charge < -0.3 is 5.32 Å². The minimum atomic E-state index is 0.414. The van der Waals surface area contributed by atoms with Crippen molar-refractivity contribution in [2.75, 3.05) is 7.05 Å². The molecule has 0 radical (unpaired) electrons.